The Bertz CT molecular complexity index is 68.5. The summed E-state index contributed by atoms with van der Waals surface area (Å²) in [4.78, 5) is 0. The quantitative estimate of drug-likeness (QED) is 0.544. The molecule has 7 heavy (non-hydrogen) atoms. The Morgan fingerprint density at radius 3 is 2.43 bits per heavy atom. The van der Waals surface area contributed by atoms with Gasteiger partial charge in [-0.15, -0.1) is 0 Å². The van der Waals surface area contributed by atoms with Crippen LogP contribution in [0.4, 0.5) is 0 Å². The maximum Gasteiger partial charge on any atom is 0.0900 e. The van der Waals surface area contributed by atoms with E-state index in [1.165, 1.54) is 5.37 Å². The molecular formula is C5H9OS. The zero-order valence-electron chi connectivity index (χ0n) is 4.35. The first-order valence-corrected chi connectivity index (χ1v) is 2.57. The highest BCUT2D eigenvalue weighted by atomic mass is 32.1. The van der Waals surface area contributed by atoms with Crippen LogP contribution in [0.1, 0.15) is 13.3 Å². The summed E-state index contributed by atoms with van der Waals surface area (Å²) in [5, 5.41) is 10.2. The van der Waals surface area contributed by atoms with E-state index < -0.39 is 5.60 Å². The molecule has 1 atom stereocenters. The van der Waals surface area contributed by atoms with Crippen LogP contribution >= 0.6 is 12.2 Å². The largest absolute Gasteiger partial charge is 0.385 e. The van der Waals surface area contributed by atoms with Crippen LogP contribution in [0, 0.1) is 6.92 Å². The second-order valence-corrected chi connectivity index (χ2v) is 1.96. The Morgan fingerprint density at radius 2 is 2.43 bits per heavy atom. The molecular weight excluding hydrogens is 108 g/mol. The predicted molar refractivity (Wildman–Crippen MR) is 34.3 cm³/mol. The monoisotopic (exact) mass is 117 g/mol. The van der Waals surface area contributed by atoms with E-state index in [4.69, 9.17) is 5.11 Å². The van der Waals surface area contributed by atoms with Gasteiger partial charge in [-0.05, 0) is 13.3 Å². The van der Waals surface area contributed by atoms with Gasteiger partial charge in [-0.25, -0.2) is 0 Å². The number of rotatable bonds is 2. The molecule has 0 fully saturated rings. The molecule has 0 rings (SSSR count). The van der Waals surface area contributed by atoms with Crippen molar-refractivity contribution in [2.45, 2.75) is 18.9 Å². The molecule has 0 aliphatic heterocycles. The van der Waals surface area contributed by atoms with E-state index >= 15 is 0 Å². The molecule has 0 saturated heterocycles. The molecule has 1 N–H and O–H groups in total. The molecule has 41 valence electrons. The van der Waals surface area contributed by atoms with Crippen LogP contribution in [-0.2, 0) is 0 Å². The molecule has 0 aliphatic rings. The number of aliphatic hydroxyl groups is 1. The summed E-state index contributed by atoms with van der Waals surface area (Å²) in [6, 6.07) is 0. The van der Waals surface area contributed by atoms with Crippen molar-refractivity contribution in [2.75, 3.05) is 0 Å². The molecule has 0 saturated carbocycles. The maximum absolute atomic E-state index is 8.91. The van der Waals surface area contributed by atoms with Crippen molar-refractivity contribution < 1.29 is 5.11 Å². The van der Waals surface area contributed by atoms with Gasteiger partial charge in [0.1, 0.15) is 0 Å². The molecule has 0 spiro atoms. The molecule has 0 aliphatic carbocycles. The maximum atomic E-state index is 8.91. The third-order valence-electron chi connectivity index (χ3n) is 0.760. The first kappa shape index (κ1) is 7.05. The molecule has 2 heteroatoms. The van der Waals surface area contributed by atoms with Gasteiger partial charge in [0.15, 0.2) is 0 Å². The Kier molecular flexibility index (Phi) is 2.40. The van der Waals surface area contributed by atoms with Crippen molar-refractivity contribution in [3.8, 4) is 0 Å². The number of thiocarbonyl (C=S) groups is 1. The SMILES string of the molecule is [CH2]CC(C)(O)C=S. The van der Waals surface area contributed by atoms with Crippen LogP contribution in [0.3, 0.4) is 0 Å². The number of hydrogen-bond donors (Lipinski definition) is 1. The topological polar surface area (TPSA) is 20.2 Å². The zero-order chi connectivity index (χ0) is 5.91. The molecule has 0 aromatic carbocycles. The normalized spacial score (nSPS) is 18.1. The highest BCUT2D eigenvalue weighted by molar-refractivity contribution is 7.79. The highest BCUT2D eigenvalue weighted by Gasteiger charge is 2.10. The minimum absolute atomic E-state index is 0.441. The summed E-state index contributed by atoms with van der Waals surface area (Å²) >= 11 is 4.47. The second-order valence-electron chi connectivity index (χ2n) is 1.73. The van der Waals surface area contributed by atoms with Crippen LogP contribution in [0.15, 0.2) is 0 Å². The minimum Gasteiger partial charge on any atom is -0.385 e. The van der Waals surface area contributed by atoms with Gasteiger partial charge in [-0.1, -0.05) is 19.1 Å². The Morgan fingerprint density at radius 1 is 2.00 bits per heavy atom. The first-order chi connectivity index (χ1) is 3.12. The molecule has 0 heterocycles. The summed E-state index contributed by atoms with van der Waals surface area (Å²) in [7, 11) is 0. The second kappa shape index (κ2) is 2.38. The lowest BCUT2D eigenvalue weighted by Crippen LogP contribution is -2.22. The molecule has 0 aromatic rings. The van der Waals surface area contributed by atoms with Gasteiger partial charge in [0, 0.05) is 5.37 Å². The molecule has 0 amide bonds. The summed E-state index contributed by atoms with van der Waals surface area (Å²) in [5.74, 6) is 0. The van der Waals surface area contributed by atoms with Crippen LogP contribution in [0.5, 0.6) is 0 Å². The minimum atomic E-state index is -0.838. The molecule has 1 radical (unpaired) electrons. The van der Waals surface area contributed by atoms with Crippen LogP contribution in [0.25, 0.3) is 0 Å². The summed E-state index contributed by atoms with van der Waals surface area (Å²) in [5.41, 5.74) is -0.838. The van der Waals surface area contributed by atoms with Gasteiger partial charge in [0.05, 0.1) is 5.60 Å². The lowest BCUT2D eigenvalue weighted by molar-refractivity contribution is 0.143. The van der Waals surface area contributed by atoms with Gasteiger partial charge < -0.3 is 5.11 Å². The van der Waals surface area contributed by atoms with Gasteiger partial charge >= 0.3 is 0 Å². The fraction of sp³-hybridized carbons (Fsp3) is 0.600. The van der Waals surface area contributed by atoms with Gasteiger partial charge in [-0.2, -0.15) is 0 Å². The van der Waals surface area contributed by atoms with E-state index in [0.717, 1.165) is 0 Å². The molecule has 0 bridgehead atoms. The zero-order valence-corrected chi connectivity index (χ0v) is 5.16. The van der Waals surface area contributed by atoms with Crippen LogP contribution in [-0.4, -0.2) is 16.1 Å². The first-order valence-electron chi connectivity index (χ1n) is 2.10. The van der Waals surface area contributed by atoms with E-state index in [1.54, 1.807) is 6.92 Å². The van der Waals surface area contributed by atoms with Gasteiger partial charge in [0.25, 0.3) is 0 Å². The summed E-state index contributed by atoms with van der Waals surface area (Å²) in [6.45, 7) is 5.11. The van der Waals surface area contributed by atoms with Crippen LogP contribution < -0.4 is 0 Å². The lowest BCUT2D eigenvalue weighted by Gasteiger charge is -2.12. The molecule has 1 unspecified atom stereocenters. The van der Waals surface area contributed by atoms with E-state index in [1.807, 2.05) is 0 Å². The fourth-order valence-corrected chi connectivity index (χ4v) is 0.177. The van der Waals surface area contributed by atoms with E-state index in [0.29, 0.717) is 6.42 Å². The van der Waals surface area contributed by atoms with Gasteiger partial charge in [-0.3, -0.25) is 0 Å². The average Bonchev–Trinajstić information content (AvgIpc) is 1.68. The number of hydrogen-bond acceptors (Lipinski definition) is 2. The average molecular weight is 117 g/mol. The lowest BCUT2D eigenvalue weighted by atomic mass is 10.1. The van der Waals surface area contributed by atoms with E-state index in [-0.39, 0.29) is 0 Å². The Balaban J connectivity index is 3.58. The summed E-state index contributed by atoms with van der Waals surface area (Å²) < 4.78 is 0. The fourth-order valence-electron chi connectivity index (χ4n) is 0.0589. The Hall–Kier alpha value is 0.0500. The van der Waals surface area contributed by atoms with Crippen molar-refractivity contribution in [1.82, 2.24) is 0 Å². The van der Waals surface area contributed by atoms with Crippen molar-refractivity contribution in [2.24, 2.45) is 0 Å². The summed E-state index contributed by atoms with van der Waals surface area (Å²) in [6.07, 6.45) is 0.441. The molecule has 1 nitrogen and oxygen atoms in total. The third-order valence-corrected chi connectivity index (χ3v) is 1.27. The predicted octanol–water partition coefficient (Wildman–Crippen LogP) is 0.961. The van der Waals surface area contributed by atoms with Gasteiger partial charge in [0.2, 0.25) is 0 Å². The van der Waals surface area contributed by atoms with E-state index in [9.17, 15) is 0 Å². The highest BCUT2D eigenvalue weighted by Crippen LogP contribution is 2.02. The van der Waals surface area contributed by atoms with Crippen molar-refractivity contribution in [3.63, 3.8) is 0 Å². The van der Waals surface area contributed by atoms with E-state index in [2.05, 4.69) is 19.1 Å². The van der Waals surface area contributed by atoms with Crippen molar-refractivity contribution in [3.05, 3.63) is 6.92 Å². The standard InChI is InChI=1S/C5H9OS/c1-3-5(2,6)4-7/h4,6H,1,3H2,2H3. The van der Waals surface area contributed by atoms with Crippen molar-refractivity contribution >= 4 is 17.6 Å². The van der Waals surface area contributed by atoms with Crippen LogP contribution in [0.2, 0.25) is 0 Å². The third kappa shape index (κ3) is 2.71. The van der Waals surface area contributed by atoms with Crippen molar-refractivity contribution in [1.29, 1.82) is 0 Å². The Labute approximate surface area is 49.4 Å². The molecule has 0 aromatic heterocycles. The smallest absolute Gasteiger partial charge is 0.0900 e.